The fourth-order valence-electron chi connectivity index (χ4n) is 3.72. The Morgan fingerprint density at radius 1 is 1.23 bits per heavy atom. The second-order valence-electron chi connectivity index (χ2n) is 7.41. The van der Waals surface area contributed by atoms with E-state index in [1.54, 1.807) is 0 Å². The van der Waals surface area contributed by atoms with Crippen LogP contribution in [-0.2, 0) is 22.7 Å². The molecule has 3 aromatic rings. The number of amides is 1. The number of aromatic carboxylic acids is 1. The van der Waals surface area contributed by atoms with Crippen LogP contribution in [0.15, 0.2) is 36.4 Å². The van der Waals surface area contributed by atoms with E-state index < -0.39 is 5.97 Å². The predicted molar refractivity (Wildman–Crippen MR) is 108 cm³/mol. The summed E-state index contributed by atoms with van der Waals surface area (Å²) in [4.78, 5) is 24.3. The number of carbonyl (C=O) groups excluding carboxylic acids is 1. The van der Waals surface area contributed by atoms with E-state index in [0.717, 1.165) is 35.9 Å². The van der Waals surface area contributed by atoms with Gasteiger partial charge in [0.15, 0.2) is 0 Å². The SMILES string of the molecule is O=C(Cn1nc(-c2nn[nH]n2)cc1C(=O)O)NC1CCCCC1OCc1ccccc1. The molecule has 162 valence electrons. The number of aromatic nitrogens is 6. The molecule has 2 aromatic heterocycles. The monoisotopic (exact) mass is 425 g/mol. The van der Waals surface area contributed by atoms with Crippen molar-refractivity contribution in [3.8, 4) is 11.5 Å². The van der Waals surface area contributed by atoms with Crippen molar-refractivity contribution in [1.29, 1.82) is 0 Å². The van der Waals surface area contributed by atoms with Crippen LogP contribution in [0.25, 0.3) is 11.5 Å². The maximum absolute atomic E-state index is 12.7. The maximum atomic E-state index is 12.7. The standard InChI is InChI=1S/C20H23N7O4/c28-18(11-27-16(20(29)30)10-15(24-27)19-22-25-26-23-19)21-14-8-4-5-9-17(14)31-12-13-6-2-1-3-7-13/h1-3,6-7,10,14,17H,4-5,8-9,11-12H2,(H,21,28)(H,29,30)(H,22,23,25,26). The second-order valence-corrected chi connectivity index (χ2v) is 7.41. The molecule has 11 heteroatoms. The lowest BCUT2D eigenvalue weighted by atomic mass is 9.92. The van der Waals surface area contributed by atoms with Crippen LogP contribution in [-0.4, -0.2) is 59.5 Å². The van der Waals surface area contributed by atoms with Gasteiger partial charge in [0.25, 0.3) is 0 Å². The van der Waals surface area contributed by atoms with E-state index in [1.165, 1.54) is 6.07 Å². The summed E-state index contributed by atoms with van der Waals surface area (Å²) < 4.78 is 7.22. The molecule has 0 saturated heterocycles. The van der Waals surface area contributed by atoms with Crippen LogP contribution in [0.3, 0.4) is 0 Å². The Balaban J connectivity index is 1.40. The molecule has 4 rings (SSSR count). The summed E-state index contributed by atoms with van der Waals surface area (Å²) in [5.41, 5.74) is 1.17. The summed E-state index contributed by atoms with van der Waals surface area (Å²) in [5, 5.41) is 29.9. The van der Waals surface area contributed by atoms with Crippen molar-refractivity contribution in [2.24, 2.45) is 0 Å². The lowest BCUT2D eigenvalue weighted by Gasteiger charge is -2.32. The Hall–Kier alpha value is -3.60. The third-order valence-corrected chi connectivity index (χ3v) is 5.22. The van der Waals surface area contributed by atoms with E-state index in [1.807, 2.05) is 30.3 Å². The summed E-state index contributed by atoms with van der Waals surface area (Å²) in [6.07, 6.45) is 3.62. The van der Waals surface area contributed by atoms with Crippen LogP contribution in [0, 0.1) is 0 Å². The van der Waals surface area contributed by atoms with Gasteiger partial charge in [-0.05, 0) is 23.6 Å². The maximum Gasteiger partial charge on any atom is 0.354 e. The smallest absolute Gasteiger partial charge is 0.354 e. The number of nitrogens with zero attached hydrogens (tertiary/aromatic N) is 5. The van der Waals surface area contributed by atoms with Gasteiger partial charge in [-0.25, -0.2) is 9.48 Å². The highest BCUT2D eigenvalue weighted by atomic mass is 16.5. The number of hydrogen-bond acceptors (Lipinski definition) is 7. The molecular formula is C20H23N7O4. The number of nitrogens with one attached hydrogen (secondary N) is 2. The summed E-state index contributed by atoms with van der Waals surface area (Å²) in [6.45, 7) is 0.246. The van der Waals surface area contributed by atoms with E-state index >= 15 is 0 Å². The normalized spacial score (nSPS) is 18.6. The molecule has 31 heavy (non-hydrogen) atoms. The molecule has 1 aromatic carbocycles. The van der Waals surface area contributed by atoms with Crippen molar-refractivity contribution in [3.05, 3.63) is 47.7 Å². The van der Waals surface area contributed by atoms with Gasteiger partial charge in [0.05, 0.1) is 18.8 Å². The minimum atomic E-state index is -1.20. The van der Waals surface area contributed by atoms with Gasteiger partial charge < -0.3 is 15.2 Å². The zero-order chi connectivity index (χ0) is 21.6. The number of tetrazole rings is 1. The van der Waals surface area contributed by atoms with Crippen LogP contribution in [0.5, 0.6) is 0 Å². The summed E-state index contributed by atoms with van der Waals surface area (Å²) >= 11 is 0. The van der Waals surface area contributed by atoms with Crippen molar-refractivity contribution in [1.82, 2.24) is 35.7 Å². The minimum absolute atomic E-state index is 0.0932. The first kappa shape index (κ1) is 20.7. The van der Waals surface area contributed by atoms with E-state index in [4.69, 9.17) is 4.74 Å². The van der Waals surface area contributed by atoms with E-state index in [9.17, 15) is 14.7 Å². The van der Waals surface area contributed by atoms with Crippen LogP contribution >= 0.6 is 0 Å². The van der Waals surface area contributed by atoms with Gasteiger partial charge in [-0.3, -0.25) is 4.79 Å². The van der Waals surface area contributed by atoms with Crippen molar-refractivity contribution < 1.29 is 19.4 Å². The van der Waals surface area contributed by atoms with Crippen molar-refractivity contribution in [2.45, 2.75) is 51.0 Å². The molecule has 11 nitrogen and oxygen atoms in total. The summed E-state index contributed by atoms with van der Waals surface area (Å²) in [6, 6.07) is 11.1. The Kier molecular flexibility index (Phi) is 6.32. The Morgan fingerprint density at radius 2 is 2.03 bits per heavy atom. The van der Waals surface area contributed by atoms with Crippen LogP contribution in [0.1, 0.15) is 41.7 Å². The van der Waals surface area contributed by atoms with Crippen molar-refractivity contribution in [3.63, 3.8) is 0 Å². The number of ether oxygens (including phenoxy) is 1. The van der Waals surface area contributed by atoms with E-state index in [0.29, 0.717) is 6.61 Å². The summed E-state index contributed by atoms with van der Waals surface area (Å²) in [7, 11) is 0. The van der Waals surface area contributed by atoms with Gasteiger partial charge >= 0.3 is 5.97 Å². The Bertz CT molecular complexity index is 1020. The molecule has 0 bridgehead atoms. The molecule has 1 amide bonds. The highest BCUT2D eigenvalue weighted by Gasteiger charge is 2.28. The van der Waals surface area contributed by atoms with Crippen molar-refractivity contribution >= 4 is 11.9 Å². The second kappa shape index (κ2) is 9.47. The average molecular weight is 425 g/mol. The van der Waals surface area contributed by atoms with Gasteiger partial charge in [0.1, 0.15) is 17.9 Å². The lowest BCUT2D eigenvalue weighted by Crippen LogP contribution is -2.47. The molecule has 0 radical (unpaired) electrons. The largest absolute Gasteiger partial charge is 0.477 e. The molecule has 1 fully saturated rings. The van der Waals surface area contributed by atoms with E-state index in [2.05, 4.69) is 31.0 Å². The van der Waals surface area contributed by atoms with E-state index in [-0.39, 0.29) is 41.8 Å². The topological polar surface area (TPSA) is 148 Å². The van der Waals surface area contributed by atoms with Gasteiger partial charge in [0.2, 0.25) is 11.7 Å². The molecule has 1 saturated carbocycles. The number of rotatable bonds is 8. The molecule has 1 aliphatic rings. The first-order valence-electron chi connectivity index (χ1n) is 10.1. The molecular weight excluding hydrogens is 402 g/mol. The van der Waals surface area contributed by atoms with Crippen LogP contribution < -0.4 is 5.32 Å². The third kappa shape index (κ3) is 5.12. The molecule has 2 atom stereocenters. The zero-order valence-electron chi connectivity index (χ0n) is 16.8. The van der Waals surface area contributed by atoms with Gasteiger partial charge in [-0.2, -0.15) is 10.3 Å². The third-order valence-electron chi connectivity index (χ3n) is 5.22. The lowest BCUT2D eigenvalue weighted by molar-refractivity contribution is -0.124. The first-order chi connectivity index (χ1) is 15.1. The van der Waals surface area contributed by atoms with Gasteiger partial charge in [-0.15, -0.1) is 10.2 Å². The first-order valence-corrected chi connectivity index (χ1v) is 10.1. The minimum Gasteiger partial charge on any atom is -0.477 e. The van der Waals surface area contributed by atoms with Gasteiger partial charge in [0, 0.05) is 6.07 Å². The number of carboxylic acids is 1. The fraction of sp³-hybridized carbons (Fsp3) is 0.400. The highest BCUT2D eigenvalue weighted by Crippen LogP contribution is 2.23. The molecule has 2 heterocycles. The zero-order valence-corrected chi connectivity index (χ0v) is 16.8. The average Bonchev–Trinajstić information content (AvgIpc) is 3.44. The van der Waals surface area contributed by atoms with Crippen LogP contribution in [0.4, 0.5) is 0 Å². The predicted octanol–water partition coefficient (Wildman–Crippen LogP) is 1.41. The Morgan fingerprint density at radius 3 is 2.77 bits per heavy atom. The molecule has 0 spiro atoms. The molecule has 3 N–H and O–H groups in total. The quantitative estimate of drug-likeness (QED) is 0.491. The molecule has 1 aliphatic carbocycles. The number of carbonyl (C=O) groups is 2. The number of H-pyrrole nitrogens is 1. The van der Waals surface area contributed by atoms with Crippen LogP contribution in [0.2, 0.25) is 0 Å². The van der Waals surface area contributed by atoms with Gasteiger partial charge in [-0.1, -0.05) is 43.2 Å². The fourth-order valence-corrected chi connectivity index (χ4v) is 3.72. The number of carboxylic acid groups (broad SMARTS) is 1. The van der Waals surface area contributed by atoms with Crippen molar-refractivity contribution in [2.75, 3.05) is 0 Å². The number of aromatic amines is 1. The molecule has 2 unspecified atom stereocenters. The highest BCUT2D eigenvalue weighted by molar-refractivity contribution is 5.88. The number of benzene rings is 1. The Labute approximate surface area is 177 Å². The summed E-state index contributed by atoms with van der Waals surface area (Å²) in [5.74, 6) is -1.37. The number of hydrogen-bond donors (Lipinski definition) is 3. The molecule has 0 aliphatic heterocycles.